The summed E-state index contributed by atoms with van der Waals surface area (Å²) in [4.78, 5) is 2.31. The average molecular weight is 687 g/mol. The first kappa shape index (κ1) is 32.6. The molecule has 9 rings (SSSR count). The Morgan fingerprint density at radius 2 is 1.53 bits per heavy atom. The Morgan fingerprint density at radius 1 is 0.717 bits per heavy atom. The molecule has 1 unspecified atom stereocenters. The number of para-hydroxylation sites is 2. The van der Waals surface area contributed by atoms with Gasteiger partial charge in [-0.2, -0.15) is 0 Å². The number of rotatable bonds is 4. The van der Waals surface area contributed by atoms with Crippen LogP contribution < -0.4 is 9.64 Å². The van der Waals surface area contributed by atoms with Crippen molar-refractivity contribution in [2.75, 3.05) is 4.90 Å². The highest BCUT2D eigenvalue weighted by atomic mass is 16.5. The second-order valence-electron chi connectivity index (χ2n) is 14.2. The van der Waals surface area contributed by atoms with Crippen molar-refractivity contribution < 1.29 is 4.74 Å². The van der Waals surface area contributed by atoms with Crippen molar-refractivity contribution in [1.29, 1.82) is 0 Å². The summed E-state index contributed by atoms with van der Waals surface area (Å²) >= 11 is 0. The van der Waals surface area contributed by atoms with Gasteiger partial charge in [0.25, 0.3) is 0 Å². The molecule has 5 aromatic carbocycles. The van der Waals surface area contributed by atoms with Gasteiger partial charge in [-0.25, -0.2) is 0 Å². The smallest absolute Gasteiger partial charge is 0.136 e. The summed E-state index contributed by atoms with van der Waals surface area (Å²) < 4.78 is 9.03. The fourth-order valence-corrected chi connectivity index (χ4v) is 8.04. The zero-order chi connectivity index (χ0) is 35.9. The SMILES string of the molecule is C=C1/C=C\C=C/N(c2cc(C)cc(C3=CC=CCC3)c2)c2ccc(-c3ccc4c(c3)c3ccccc3n4/C3=C/C=C\Cc4ccccc4OC3C)cc21. The second kappa shape index (κ2) is 13.7. The number of aromatic nitrogens is 1. The topological polar surface area (TPSA) is 17.4 Å². The average Bonchev–Trinajstić information content (AvgIpc) is 3.54. The molecule has 6 aromatic rings. The van der Waals surface area contributed by atoms with Crippen LogP contribution in [0.25, 0.3) is 49.8 Å². The van der Waals surface area contributed by atoms with Crippen LogP contribution in [0.2, 0.25) is 0 Å². The third-order valence-corrected chi connectivity index (χ3v) is 10.7. The first-order chi connectivity index (χ1) is 26.0. The van der Waals surface area contributed by atoms with E-state index in [1.807, 2.05) is 0 Å². The normalized spacial score (nSPS) is 19.7. The molecule has 3 aliphatic rings. The highest BCUT2D eigenvalue weighted by Crippen LogP contribution is 2.41. The van der Waals surface area contributed by atoms with Crippen LogP contribution in [0.1, 0.15) is 42.0 Å². The Labute approximate surface area is 312 Å². The molecular weight excluding hydrogens is 645 g/mol. The van der Waals surface area contributed by atoms with Gasteiger partial charge in [0.2, 0.25) is 0 Å². The van der Waals surface area contributed by atoms with Crippen molar-refractivity contribution >= 4 is 50.0 Å². The summed E-state index contributed by atoms with van der Waals surface area (Å²) in [5.41, 5.74) is 15.2. The van der Waals surface area contributed by atoms with Gasteiger partial charge >= 0.3 is 0 Å². The van der Waals surface area contributed by atoms with Crippen LogP contribution in [0.4, 0.5) is 11.4 Å². The molecule has 53 heavy (non-hydrogen) atoms. The molecule has 3 heterocycles. The Kier molecular flexibility index (Phi) is 8.40. The molecule has 1 aromatic heterocycles. The van der Waals surface area contributed by atoms with Gasteiger partial charge in [-0.3, -0.25) is 0 Å². The Morgan fingerprint density at radius 3 is 2.43 bits per heavy atom. The molecule has 0 saturated carbocycles. The highest BCUT2D eigenvalue weighted by molar-refractivity contribution is 6.11. The molecule has 0 N–H and O–H groups in total. The maximum Gasteiger partial charge on any atom is 0.136 e. The molecule has 3 nitrogen and oxygen atoms in total. The molecular formula is C50H42N2O. The van der Waals surface area contributed by atoms with E-state index in [0.717, 1.165) is 64.3 Å². The highest BCUT2D eigenvalue weighted by Gasteiger charge is 2.22. The molecule has 0 spiro atoms. The lowest BCUT2D eigenvalue weighted by Gasteiger charge is -2.27. The van der Waals surface area contributed by atoms with E-state index < -0.39 is 0 Å². The zero-order valence-electron chi connectivity index (χ0n) is 30.3. The van der Waals surface area contributed by atoms with Gasteiger partial charge in [-0.05, 0) is 133 Å². The number of hydrogen-bond acceptors (Lipinski definition) is 2. The predicted octanol–water partition coefficient (Wildman–Crippen LogP) is 13.2. The van der Waals surface area contributed by atoms with Crippen molar-refractivity contribution in [3.8, 4) is 16.9 Å². The molecule has 3 heteroatoms. The van der Waals surface area contributed by atoms with Crippen LogP contribution in [-0.2, 0) is 6.42 Å². The largest absolute Gasteiger partial charge is 0.484 e. The summed E-state index contributed by atoms with van der Waals surface area (Å²) in [6, 6.07) is 37.6. The molecule has 258 valence electrons. The van der Waals surface area contributed by atoms with E-state index in [0.29, 0.717) is 0 Å². The lowest BCUT2D eigenvalue weighted by Crippen LogP contribution is -2.18. The first-order valence-corrected chi connectivity index (χ1v) is 18.6. The number of nitrogens with zero attached hydrogens (tertiary/aromatic N) is 2. The summed E-state index contributed by atoms with van der Waals surface area (Å²) in [5.74, 6) is 0.937. The van der Waals surface area contributed by atoms with Crippen molar-refractivity contribution in [3.63, 3.8) is 0 Å². The molecule has 1 aliphatic carbocycles. The maximum atomic E-state index is 6.65. The summed E-state index contributed by atoms with van der Waals surface area (Å²) in [6.07, 6.45) is 24.6. The fourth-order valence-electron chi connectivity index (χ4n) is 8.04. The van der Waals surface area contributed by atoms with Crippen molar-refractivity contribution in [3.05, 3.63) is 193 Å². The summed E-state index contributed by atoms with van der Waals surface area (Å²) in [5, 5.41) is 2.43. The number of fused-ring (bicyclic) bond motifs is 5. The lowest BCUT2D eigenvalue weighted by atomic mass is 9.94. The second-order valence-corrected chi connectivity index (χ2v) is 14.2. The van der Waals surface area contributed by atoms with Gasteiger partial charge < -0.3 is 14.2 Å². The molecule has 2 aliphatic heterocycles. The molecule has 0 saturated heterocycles. The van der Waals surface area contributed by atoms with Gasteiger partial charge in [0.15, 0.2) is 0 Å². The minimum absolute atomic E-state index is 0.164. The minimum Gasteiger partial charge on any atom is -0.484 e. The number of aryl methyl sites for hydroxylation is 1. The van der Waals surface area contributed by atoms with Crippen LogP contribution in [0, 0.1) is 6.92 Å². The first-order valence-electron chi connectivity index (χ1n) is 18.6. The predicted molar refractivity (Wildman–Crippen MR) is 226 cm³/mol. The minimum atomic E-state index is -0.164. The Balaban J connectivity index is 1.14. The van der Waals surface area contributed by atoms with E-state index in [4.69, 9.17) is 4.74 Å². The van der Waals surface area contributed by atoms with E-state index in [1.54, 1.807) is 0 Å². The van der Waals surface area contributed by atoms with Gasteiger partial charge in [0.1, 0.15) is 11.9 Å². The van der Waals surface area contributed by atoms with E-state index in [9.17, 15) is 0 Å². The van der Waals surface area contributed by atoms with E-state index in [2.05, 4.69) is 194 Å². The van der Waals surface area contributed by atoms with E-state index in [-0.39, 0.29) is 6.10 Å². The number of anilines is 2. The molecule has 0 fully saturated rings. The monoisotopic (exact) mass is 686 g/mol. The van der Waals surface area contributed by atoms with Crippen LogP contribution in [0.15, 0.2) is 171 Å². The Bertz CT molecular complexity index is 2620. The third kappa shape index (κ3) is 6.08. The molecule has 0 amide bonds. The number of hydrogen-bond donors (Lipinski definition) is 0. The van der Waals surface area contributed by atoms with Crippen molar-refractivity contribution in [1.82, 2.24) is 4.57 Å². The molecule has 0 bridgehead atoms. The standard InChI is InChI=1S/C50H42N2O/c1-34-29-41(37-16-5-4-6-17-37)31-42(30-34)51-28-14-13-15-35(2)44-32-39(24-26-47(44)51)40-25-27-49-45(33-40)43-20-9-11-22-48(43)52(49)46-21-10-7-18-38-19-8-12-23-50(38)53-36(46)3/h4-5,7-16,19-33,36H,2,6,17-18H2,1,3H3/b10-7-,15-13-,28-14-,46-21+. The van der Waals surface area contributed by atoms with E-state index >= 15 is 0 Å². The van der Waals surface area contributed by atoms with E-state index in [1.165, 1.54) is 44.1 Å². The summed E-state index contributed by atoms with van der Waals surface area (Å²) in [6.45, 7) is 8.86. The summed E-state index contributed by atoms with van der Waals surface area (Å²) in [7, 11) is 0. The van der Waals surface area contributed by atoms with Gasteiger partial charge in [-0.15, -0.1) is 0 Å². The molecule has 1 atom stereocenters. The van der Waals surface area contributed by atoms with Gasteiger partial charge in [0.05, 0.1) is 22.4 Å². The fraction of sp³-hybridized carbons (Fsp3) is 0.120. The lowest BCUT2D eigenvalue weighted by molar-refractivity contribution is 0.271. The van der Waals surface area contributed by atoms with Crippen molar-refractivity contribution in [2.24, 2.45) is 0 Å². The number of allylic oxidation sites excluding steroid dienone is 11. The van der Waals surface area contributed by atoms with Crippen LogP contribution in [-0.4, -0.2) is 10.7 Å². The third-order valence-electron chi connectivity index (χ3n) is 10.7. The van der Waals surface area contributed by atoms with Gasteiger partial charge in [-0.1, -0.05) is 104 Å². The van der Waals surface area contributed by atoms with Crippen LogP contribution in [0.3, 0.4) is 0 Å². The quantitative estimate of drug-likeness (QED) is 0.184. The van der Waals surface area contributed by atoms with Gasteiger partial charge in [0, 0.05) is 28.2 Å². The van der Waals surface area contributed by atoms with Crippen LogP contribution >= 0.6 is 0 Å². The number of benzene rings is 5. The maximum absolute atomic E-state index is 6.65. The Hall–Kier alpha value is -6.32. The zero-order valence-corrected chi connectivity index (χ0v) is 30.3. The molecule has 0 radical (unpaired) electrons. The number of ether oxygens (including phenoxy) is 1. The van der Waals surface area contributed by atoms with Crippen LogP contribution in [0.5, 0.6) is 5.75 Å². The van der Waals surface area contributed by atoms with Crippen molar-refractivity contribution in [2.45, 2.75) is 39.2 Å².